The van der Waals surface area contributed by atoms with E-state index < -0.39 is 0 Å². The number of hydrogen-bond donors (Lipinski definition) is 1. The molecule has 1 N–H and O–H groups in total. The Morgan fingerprint density at radius 1 is 1.43 bits per heavy atom. The van der Waals surface area contributed by atoms with Crippen molar-refractivity contribution in [3.63, 3.8) is 0 Å². The quantitative estimate of drug-likeness (QED) is 0.762. The Kier molecular flexibility index (Phi) is 3.72. The molecule has 2 nitrogen and oxygen atoms in total. The maximum Gasteiger partial charge on any atom is 0.246 e. The van der Waals surface area contributed by atoms with E-state index in [2.05, 4.69) is 11.9 Å². The Labute approximate surface area is 88.6 Å². The van der Waals surface area contributed by atoms with Crippen molar-refractivity contribution in [3.05, 3.63) is 47.0 Å². The van der Waals surface area contributed by atoms with Gasteiger partial charge in [-0.15, -0.1) is 0 Å². The second kappa shape index (κ2) is 4.82. The van der Waals surface area contributed by atoms with Gasteiger partial charge in [0, 0.05) is 17.1 Å². The van der Waals surface area contributed by atoms with Crippen LogP contribution < -0.4 is 5.32 Å². The summed E-state index contributed by atoms with van der Waals surface area (Å²) in [6, 6.07) is 7.34. The largest absolute Gasteiger partial charge is 0.348 e. The van der Waals surface area contributed by atoms with E-state index in [0.29, 0.717) is 17.1 Å². The van der Waals surface area contributed by atoms with E-state index in [9.17, 15) is 4.79 Å². The maximum atomic E-state index is 11.1. The third-order valence-corrected chi connectivity index (χ3v) is 2.01. The maximum absolute atomic E-state index is 11.1. The van der Waals surface area contributed by atoms with Gasteiger partial charge in [0.1, 0.15) is 0 Å². The van der Waals surface area contributed by atoms with Crippen LogP contribution in [0.2, 0.25) is 5.02 Å². The van der Waals surface area contributed by atoms with Crippen molar-refractivity contribution in [1.82, 2.24) is 5.32 Å². The van der Waals surface area contributed by atoms with E-state index in [1.165, 1.54) is 0 Å². The molecule has 0 unspecified atom stereocenters. The van der Waals surface area contributed by atoms with Gasteiger partial charge >= 0.3 is 0 Å². The van der Waals surface area contributed by atoms with Crippen molar-refractivity contribution in [1.29, 1.82) is 0 Å². The van der Waals surface area contributed by atoms with Crippen LogP contribution >= 0.6 is 11.6 Å². The molecule has 1 amide bonds. The van der Waals surface area contributed by atoms with Crippen LogP contribution in [0.4, 0.5) is 0 Å². The highest BCUT2D eigenvalue weighted by Crippen LogP contribution is 2.09. The standard InChI is InChI=1S/C11H12ClNO/c1-8(2)11(14)13-7-9-3-5-10(12)6-4-9/h3-6H,1,7H2,2H3,(H,13,14). The molecule has 0 aliphatic heterocycles. The van der Waals surface area contributed by atoms with E-state index in [0.717, 1.165) is 5.56 Å². The zero-order chi connectivity index (χ0) is 10.6. The fourth-order valence-electron chi connectivity index (χ4n) is 0.935. The molecular weight excluding hydrogens is 198 g/mol. The highest BCUT2D eigenvalue weighted by atomic mass is 35.5. The van der Waals surface area contributed by atoms with Crippen molar-refractivity contribution in [2.75, 3.05) is 0 Å². The number of halogens is 1. The fraction of sp³-hybridized carbons (Fsp3) is 0.182. The summed E-state index contributed by atoms with van der Waals surface area (Å²) in [6.07, 6.45) is 0. The Morgan fingerprint density at radius 2 is 2.00 bits per heavy atom. The van der Waals surface area contributed by atoms with E-state index >= 15 is 0 Å². The molecule has 0 saturated heterocycles. The van der Waals surface area contributed by atoms with Crippen LogP contribution in [-0.2, 0) is 11.3 Å². The van der Waals surface area contributed by atoms with Crippen LogP contribution in [0.25, 0.3) is 0 Å². The van der Waals surface area contributed by atoms with Crippen molar-refractivity contribution < 1.29 is 4.79 Å². The molecule has 3 heteroatoms. The van der Waals surface area contributed by atoms with Crippen LogP contribution in [0.1, 0.15) is 12.5 Å². The molecule has 0 atom stereocenters. The smallest absolute Gasteiger partial charge is 0.246 e. The predicted molar refractivity (Wildman–Crippen MR) is 58.1 cm³/mol. The van der Waals surface area contributed by atoms with E-state index in [1.54, 1.807) is 19.1 Å². The van der Waals surface area contributed by atoms with Crippen LogP contribution in [0, 0.1) is 0 Å². The summed E-state index contributed by atoms with van der Waals surface area (Å²) in [5.41, 5.74) is 1.53. The molecular formula is C11H12ClNO. The molecule has 1 aromatic rings. The third kappa shape index (κ3) is 3.23. The van der Waals surface area contributed by atoms with Crippen molar-refractivity contribution in [2.45, 2.75) is 13.5 Å². The zero-order valence-electron chi connectivity index (χ0n) is 8.01. The molecule has 14 heavy (non-hydrogen) atoms. The molecule has 1 rings (SSSR count). The van der Waals surface area contributed by atoms with Gasteiger partial charge in [-0.05, 0) is 24.6 Å². The molecule has 1 aromatic carbocycles. The molecule has 74 valence electrons. The van der Waals surface area contributed by atoms with E-state index in [1.807, 2.05) is 12.1 Å². The summed E-state index contributed by atoms with van der Waals surface area (Å²) in [6.45, 7) is 5.73. The molecule has 0 radical (unpaired) electrons. The van der Waals surface area contributed by atoms with E-state index in [4.69, 9.17) is 11.6 Å². The molecule has 0 spiro atoms. The van der Waals surface area contributed by atoms with Crippen molar-refractivity contribution in [2.24, 2.45) is 0 Å². The number of amides is 1. The summed E-state index contributed by atoms with van der Waals surface area (Å²) in [5.74, 6) is -0.125. The zero-order valence-corrected chi connectivity index (χ0v) is 8.77. The number of rotatable bonds is 3. The lowest BCUT2D eigenvalue weighted by molar-refractivity contribution is -0.117. The fourth-order valence-corrected chi connectivity index (χ4v) is 1.06. The van der Waals surface area contributed by atoms with Gasteiger partial charge in [-0.3, -0.25) is 4.79 Å². The highest BCUT2D eigenvalue weighted by molar-refractivity contribution is 6.30. The summed E-state index contributed by atoms with van der Waals surface area (Å²) in [5, 5.41) is 3.43. The van der Waals surface area contributed by atoms with E-state index in [-0.39, 0.29) is 5.91 Å². The first-order valence-corrected chi connectivity index (χ1v) is 4.65. The second-order valence-electron chi connectivity index (χ2n) is 3.09. The monoisotopic (exact) mass is 209 g/mol. The lowest BCUT2D eigenvalue weighted by Crippen LogP contribution is -2.22. The van der Waals surface area contributed by atoms with Gasteiger partial charge in [-0.1, -0.05) is 30.3 Å². The van der Waals surface area contributed by atoms with Crippen LogP contribution in [-0.4, -0.2) is 5.91 Å². The van der Waals surface area contributed by atoms with Gasteiger partial charge in [0.2, 0.25) is 5.91 Å². The summed E-state index contributed by atoms with van der Waals surface area (Å²) < 4.78 is 0. The number of carbonyl (C=O) groups is 1. The SMILES string of the molecule is C=C(C)C(=O)NCc1ccc(Cl)cc1. The number of benzene rings is 1. The Balaban J connectivity index is 2.50. The summed E-state index contributed by atoms with van der Waals surface area (Å²) in [7, 11) is 0. The number of nitrogens with one attached hydrogen (secondary N) is 1. The lowest BCUT2D eigenvalue weighted by Gasteiger charge is -2.04. The molecule has 0 aromatic heterocycles. The van der Waals surface area contributed by atoms with Crippen LogP contribution in [0.5, 0.6) is 0 Å². The molecule has 0 fully saturated rings. The average Bonchev–Trinajstić information content (AvgIpc) is 2.16. The average molecular weight is 210 g/mol. The van der Waals surface area contributed by atoms with Crippen molar-refractivity contribution >= 4 is 17.5 Å². The third-order valence-electron chi connectivity index (χ3n) is 1.75. The van der Waals surface area contributed by atoms with Crippen molar-refractivity contribution in [3.8, 4) is 0 Å². The minimum absolute atomic E-state index is 0.125. The Morgan fingerprint density at radius 3 is 2.50 bits per heavy atom. The second-order valence-corrected chi connectivity index (χ2v) is 3.53. The Bertz CT molecular complexity index is 343. The molecule has 0 aliphatic rings. The summed E-state index contributed by atoms with van der Waals surface area (Å²) >= 11 is 5.72. The van der Waals surface area contributed by atoms with Gasteiger partial charge in [-0.2, -0.15) is 0 Å². The normalized spacial score (nSPS) is 9.57. The number of carbonyl (C=O) groups excluding carboxylic acids is 1. The first-order valence-electron chi connectivity index (χ1n) is 4.28. The first-order chi connectivity index (χ1) is 6.59. The van der Waals surface area contributed by atoms with Gasteiger partial charge in [0.15, 0.2) is 0 Å². The topological polar surface area (TPSA) is 29.1 Å². The Hall–Kier alpha value is -1.28. The predicted octanol–water partition coefficient (Wildman–Crippen LogP) is 2.53. The first kappa shape index (κ1) is 10.8. The van der Waals surface area contributed by atoms with Gasteiger partial charge in [0.05, 0.1) is 0 Å². The summed E-state index contributed by atoms with van der Waals surface area (Å²) in [4.78, 5) is 11.1. The van der Waals surface area contributed by atoms with Crippen LogP contribution in [0.15, 0.2) is 36.4 Å². The van der Waals surface area contributed by atoms with Crippen LogP contribution in [0.3, 0.4) is 0 Å². The molecule has 0 bridgehead atoms. The minimum Gasteiger partial charge on any atom is -0.348 e. The number of hydrogen-bond acceptors (Lipinski definition) is 1. The molecule has 0 aliphatic carbocycles. The molecule has 0 heterocycles. The van der Waals surface area contributed by atoms with Gasteiger partial charge in [-0.25, -0.2) is 0 Å². The molecule has 0 saturated carbocycles. The van der Waals surface area contributed by atoms with Gasteiger partial charge in [0.25, 0.3) is 0 Å². The lowest BCUT2D eigenvalue weighted by atomic mass is 10.2. The van der Waals surface area contributed by atoms with Gasteiger partial charge < -0.3 is 5.32 Å². The highest BCUT2D eigenvalue weighted by Gasteiger charge is 2.00. The minimum atomic E-state index is -0.125.